The first-order chi connectivity index (χ1) is 11.1. The molecule has 0 aliphatic carbocycles. The summed E-state index contributed by atoms with van der Waals surface area (Å²) in [4.78, 5) is 12.6. The number of hydrogen-bond donors (Lipinski definition) is 0. The van der Waals surface area contributed by atoms with Crippen molar-refractivity contribution >= 4 is 33.7 Å². The predicted octanol–water partition coefficient (Wildman–Crippen LogP) is 3.87. The molecular formula is C19H30O3SeSi. The van der Waals surface area contributed by atoms with Gasteiger partial charge in [0.25, 0.3) is 0 Å². The van der Waals surface area contributed by atoms with E-state index >= 15 is 0 Å². The normalized spacial score (nSPS) is 13.3. The number of allylic oxidation sites excluding steroid dienone is 1. The molecule has 1 atom stereocenters. The number of esters is 1. The average molecular weight is 413 g/mol. The van der Waals surface area contributed by atoms with Crippen LogP contribution in [0.1, 0.15) is 34.6 Å². The first kappa shape index (κ1) is 21.2. The molecule has 134 valence electrons. The average Bonchev–Trinajstić information content (AvgIpc) is 2.43. The van der Waals surface area contributed by atoms with Crippen molar-refractivity contribution in [1.82, 2.24) is 0 Å². The van der Waals surface area contributed by atoms with Gasteiger partial charge in [0.1, 0.15) is 0 Å². The van der Waals surface area contributed by atoms with E-state index in [9.17, 15) is 4.79 Å². The van der Waals surface area contributed by atoms with Crippen LogP contribution < -0.4 is 4.46 Å². The van der Waals surface area contributed by atoms with Gasteiger partial charge >= 0.3 is 154 Å². The van der Waals surface area contributed by atoms with Crippen LogP contribution in [0.25, 0.3) is 0 Å². The van der Waals surface area contributed by atoms with E-state index in [1.54, 1.807) is 0 Å². The topological polar surface area (TPSA) is 35.5 Å². The van der Waals surface area contributed by atoms with Gasteiger partial charge in [0.05, 0.1) is 0 Å². The van der Waals surface area contributed by atoms with Gasteiger partial charge in [-0.15, -0.1) is 0 Å². The summed E-state index contributed by atoms with van der Waals surface area (Å²) in [5.41, 5.74) is 0.831. The fourth-order valence-corrected chi connectivity index (χ4v) is 9.61. The number of carbonyl (C=O) groups is 1. The van der Waals surface area contributed by atoms with Gasteiger partial charge in [-0.05, 0) is 0 Å². The Morgan fingerprint density at radius 3 is 2.33 bits per heavy atom. The van der Waals surface area contributed by atoms with Crippen molar-refractivity contribution in [2.75, 3.05) is 6.61 Å². The van der Waals surface area contributed by atoms with Crippen LogP contribution in [0.4, 0.5) is 0 Å². The van der Waals surface area contributed by atoms with E-state index in [0.717, 1.165) is 0 Å². The molecule has 0 aliphatic rings. The summed E-state index contributed by atoms with van der Waals surface area (Å²) in [6.07, 6.45) is 2.12. The van der Waals surface area contributed by atoms with Gasteiger partial charge < -0.3 is 0 Å². The summed E-state index contributed by atoms with van der Waals surface area (Å²) in [6.45, 7) is 14.8. The predicted molar refractivity (Wildman–Crippen MR) is 104 cm³/mol. The molecule has 0 amide bonds. The Morgan fingerprint density at radius 2 is 1.83 bits per heavy atom. The van der Waals surface area contributed by atoms with Crippen molar-refractivity contribution in [3.8, 4) is 0 Å². The molecule has 3 nitrogen and oxygen atoms in total. The van der Waals surface area contributed by atoms with E-state index < -0.39 is 8.32 Å². The third kappa shape index (κ3) is 6.94. The van der Waals surface area contributed by atoms with Gasteiger partial charge in [0, 0.05) is 0 Å². The zero-order chi connectivity index (χ0) is 18.4. The number of rotatable bonds is 8. The summed E-state index contributed by atoms with van der Waals surface area (Å²) in [5, 5.41) is 0. The van der Waals surface area contributed by atoms with E-state index in [1.165, 1.54) is 10.0 Å². The van der Waals surface area contributed by atoms with Crippen molar-refractivity contribution in [1.29, 1.82) is 0 Å². The van der Waals surface area contributed by atoms with Crippen LogP contribution in [-0.2, 0) is 14.0 Å². The standard InChI is InChI=1S/C19H30O3SeSi/c1-8-21-17(20)18(23-16-12-10-9-11-13-16)24(6,7)22-19(4,5)14-15(2)3/h9-14,18H,8H2,1-7H3. The van der Waals surface area contributed by atoms with Crippen LogP contribution in [0.3, 0.4) is 0 Å². The molecule has 0 spiro atoms. The van der Waals surface area contributed by atoms with Crippen LogP contribution in [0, 0.1) is 0 Å². The molecule has 24 heavy (non-hydrogen) atoms. The summed E-state index contributed by atoms with van der Waals surface area (Å²) in [6, 6.07) is 10.2. The molecule has 0 bridgehead atoms. The van der Waals surface area contributed by atoms with Gasteiger partial charge in [-0.25, -0.2) is 0 Å². The third-order valence-corrected chi connectivity index (χ3v) is 12.1. The number of ether oxygens (including phenoxy) is 1. The van der Waals surface area contributed by atoms with Crippen LogP contribution in [0.5, 0.6) is 0 Å². The van der Waals surface area contributed by atoms with Gasteiger partial charge in [-0.2, -0.15) is 0 Å². The fourth-order valence-electron chi connectivity index (χ4n) is 2.78. The van der Waals surface area contributed by atoms with Crippen molar-refractivity contribution in [2.24, 2.45) is 0 Å². The van der Waals surface area contributed by atoms with Crippen LogP contribution in [-0.4, -0.2) is 41.5 Å². The fraction of sp³-hybridized carbons (Fsp3) is 0.526. The minimum atomic E-state index is -2.31. The van der Waals surface area contributed by atoms with Crippen LogP contribution in [0.2, 0.25) is 17.5 Å². The monoisotopic (exact) mass is 414 g/mol. The van der Waals surface area contributed by atoms with Gasteiger partial charge in [-0.3, -0.25) is 0 Å². The molecule has 1 rings (SSSR count). The van der Waals surface area contributed by atoms with E-state index in [-0.39, 0.29) is 31.0 Å². The Labute approximate surface area is 154 Å². The first-order valence-corrected chi connectivity index (χ1v) is 13.1. The quantitative estimate of drug-likeness (QED) is 0.369. The molecule has 1 unspecified atom stereocenters. The molecule has 0 fully saturated rings. The second kappa shape index (κ2) is 9.00. The second-order valence-electron chi connectivity index (χ2n) is 7.09. The molecule has 0 saturated carbocycles. The Hall–Kier alpha value is -0.874. The summed E-state index contributed by atoms with van der Waals surface area (Å²) in [7, 11) is -2.31. The zero-order valence-electron chi connectivity index (χ0n) is 15.9. The van der Waals surface area contributed by atoms with E-state index in [1.807, 2.05) is 25.1 Å². The molecule has 0 aromatic heterocycles. The number of hydrogen-bond acceptors (Lipinski definition) is 3. The van der Waals surface area contributed by atoms with Crippen LogP contribution in [0.15, 0.2) is 42.0 Å². The van der Waals surface area contributed by atoms with E-state index in [0.29, 0.717) is 6.61 Å². The van der Waals surface area contributed by atoms with E-state index in [4.69, 9.17) is 9.16 Å². The molecule has 0 heterocycles. The van der Waals surface area contributed by atoms with Gasteiger partial charge in [0.15, 0.2) is 0 Å². The van der Waals surface area contributed by atoms with E-state index in [2.05, 4.69) is 59.0 Å². The van der Waals surface area contributed by atoms with Gasteiger partial charge in [0.2, 0.25) is 0 Å². The summed E-state index contributed by atoms with van der Waals surface area (Å²) < 4.78 is 12.9. The third-order valence-electron chi connectivity index (χ3n) is 3.29. The molecule has 0 aliphatic heterocycles. The molecule has 5 heteroatoms. The van der Waals surface area contributed by atoms with Crippen molar-refractivity contribution < 1.29 is 14.0 Å². The molecule has 0 radical (unpaired) electrons. The maximum atomic E-state index is 12.6. The van der Waals surface area contributed by atoms with Crippen molar-refractivity contribution in [2.45, 2.75) is 57.8 Å². The van der Waals surface area contributed by atoms with Crippen LogP contribution >= 0.6 is 0 Å². The molecule has 0 N–H and O–H groups in total. The molecule has 0 saturated heterocycles. The second-order valence-corrected chi connectivity index (χ2v) is 14.5. The Morgan fingerprint density at radius 1 is 1.25 bits per heavy atom. The number of benzene rings is 1. The zero-order valence-corrected chi connectivity index (χ0v) is 18.6. The molecule has 1 aromatic carbocycles. The summed E-state index contributed by atoms with van der Waals surface area (Å²) in [5.74, 6) is -0.119. The number of carbonyl (C=O) groups excluding carboxylic acids is 1. The minimum absolute atomic E-state index is 0.00963. The molecular weight excluding hydrogens is 383 g/mol. The van der Waals surface area contributed by atoms with Crippen molar-refractivity contribution in [3.05, 3.63) is 42.0 Å². The maximum absolute atomic E-state index is 12.6. The van der Waals surface area contributed by atoms with Crippen molar-refractivity contribution in [3.63, 3.8) is 0 Å². The Bertz CT molecular complexity index is 563. The first-order valence-electron chi connectivity index (χ1n) is 8.32. The van der Waals surface area contributed by atoms with Gasteiger partial charge in [-0.1, -0.05) is 0 Å². The Kier molecular flexibility index (Phi) is 7.94. The Balaban J connectivity index is 3.07. The SMILES string of the molecule is CCOC(=O)C([Se]c1ccccc1)[Si](C)(C)OC(C)(C)C=C(C)C. The summed E-state index contributed by atoms with van der Waals surface area (Å²) >= 11 is -0.00963. The molecule has 1 aromatic rings.